The molecule has 2 aliphatic rings. The topological polar surface area (TPSA) is 50.7 Å². The van der Waals surface area contributed by atoms with Crippen LogP contribution in [-0.4, -0.2) is 17.7 Å². The predicted octanol–water partition coefficient (Wildman–Crippen LogP) is 3.65. The Morgan fingerprint density at radius 3 is 3.00 bits per heavy atom. The number of thioether (sulfide) groups is 1. The Kier molecular flexibility index (Phi) is 3.82. The number of amidine groups is 1. The highest BCUT2D eigenvalue weighted by molar-refractivity contribution is 8.18. The first-order valence-corrected chi connectivity index (χ1v) is 8.30. The van der Waals surface area contributed by atoms with E-state index in [2.05, 4.69) is 10.3 Å². The third-order valence-corrected chi connectivity index (χ3v) is 4.65. The van der Waals surface area contributed by atoms with Crippen molar-refractivity contribution in [3.05, 3.63) is 64.3 Å². The van der Waals surface area contributed by atoms with Crippen LogP contribution in [-0.2, 0) is 11.2 Å². The van der Waals surface area contributed by atoms with Crippen LogP contribution in [0.3, 0.4) is 0 Å². The van der Waals surface area contributed by atoms with E-state index in [-0.39, 0.29) is 11.6 Å². The van der Waals surface area contributed by atoms with Gasteiger partial charge in [-0.2, -0.15) is 0 Å². The summed E-state index contributed by atoms with van der Waals surface area (Å²) in [6.45, 7) is 0.698. The number of hydrogen-bond donors (Lipinski definition) is 1. The van der Waals surface area contributed by atoms with Gasteiger partial charge in [0.1, 0.15) is 17.3 Å². The van der Waals surface area contributed by atoms with Gasteiger partial charge >= 0.3 is 0 Å². The zero-order valence-corrected chi connectivity index (χ0v) is 13.4. The highest BCUT2D eigenvalue weighted by Crippen LogP contribution is 2.31. The maximum atomic E-state index is 13.7. The van der Waals surface area contributed by atoms with E-state index in [4.69, 9.17) is 4.74 Å². The van der Waals surface area contributed by atoms with Crippen LogP contribution >= 0.6 is 11.8 Å². The van der Waals surface area contributed by atoms with Crippen molar-refractivity contribution in [2.75, 3.05) is 6.61 Å². The number of nitrogens with one attached hydrogen (secondary N) is 1. The second-order valence-electron chi connectivity index (χ2n) is 5.40. The molecule has 4 nitrogen and oxygen atoms in total. The Morgan fingerprint density at radius 2 is 2.12 bits per heavy atom. The first kappa shape index (κ1) is 15.0. The van der Waals surface area contributed by atoms with Crippen molar-refractivity contribution in [2.45, 2.75) is 6.42 Å². The van der Waals surface area contributed by atoms with Gasteiger partial charge in [-0.25, -0.2) is 9.38 Å². The van der Waals surface area contributed by atoms with Crippen molar-refractivity contribution in [2.24, 2.45) is 4.99 Å². The molecule has 0 bridgehead atoms. The monoisotopic (exact) mass is 340 g/mol. The number of fused-ring (bicyclic) bond motifs is 1. The highest BCUT2D eigenvalue weighted by Gasteiger charge is 2.24. The third-order valence-electron chi connectivity index (χ3n) is 3.74. The summed E-state index contributed by atoms with van der Waals surface area (Å²) in [5, 5.41) is 3.04. The standard InChI is InChI=1S/C18H13FN2O2S/c19-13-3-1-2-4-14(13)20-18-21-17(22)16(24-18)10-11-5-6-15-12(9-11)7-8-23-15/h1-6,9-10H,7-8H2,(H,20,21,22)/b16-10+. The van der Waals surface area contributed by atoms with Gasteiger partial charge in [0.2, 0.25) is 0 Å². The van der Waals surface area contributed by atoms with E-state index in [0.717, 1.165) is 23.3 Å². The molecule has 2 aliphatic heterocycles. The van der Waals surface area contributed by atoms with Crippen molar-refractivity contribution in [3.8, 4) is 5.75 Å². The Labute approximate surface area is 142 Å². The highest BCUT2D eigenvalue weighted by atomic mass is 32.2. The van der Waals surface area contributed by atoms with Crippen LogP contribution in [0.25, 0.3) is 6.08 Å². The van der Waals surface area contributed by atoms with E-state index in [0.29, 0.717) is 16.7 Å². The lowest BCUT2D eigenvalue weighted by Crippen LogP contribution is -2.19. The molecule has 1 amide bonds. The lowest BCUT2D eigenvalue weighted by atomic mass is 10.1. The molecule has 1 N–H and O–H groups in total. The van der Waals surface area contributed by atoms with Gasteiger partial charge in [0.05, 0.1) is 11.5 Å². The minimum absolute atomic E-state index is 0.205. The summed E-state index contributed by atoms with van der Waals surface area (Å²) in [7, 11) is 0. The number of rotatable bonds is 2. The van der Waals surface area contributed by atoms with Crippen molar-refractivity contribution in [3.63, 3.8) is 0 Å². The van der Waals surface area contributed by atoms with Crippen LogP contribution in [0.5, 0.6) is 5.75 Å². The molecule has 120 valence electrons. The summed E-state index contributed by atoms with van der Waals surface area (Å²) in [6, 6.07) is 12.1. The molecule has 0 saturated carbocycles. The largest absolute Gasteiger partial charge is 0.493 e. The number of para-hydroxylation sites is 1. The maximum absolute atomic E-state index is 13.7. The maximum Gasteiger partial charge on any atom is 0.264 e. The molecule has 0 spiro atoms. The molecule has 0 atom stereocenters. The van der Waals surface area contributed by atoms with Crippen LogP contribution in [0, 0.1) is 5.82 Å². The average molecular weight is 340 g/mol. The fourth-order valence-corrected chi connectivity index (χ4v) is 3.41. The Morgan fingerprint density at radius 1 is 1.25 bits per heavy atom. The molecule has 0 radical (unpaired) electrons. The second-order valence-corrected chi connectivity index (χ2v) is 6.43. The number of halogens is 1. The fraction of sp³-hybridized carbons (Fsp3) is 0.111. The van der Waals surface area contributed by atoms with Crippen molar-refractivity contribution >= 4 is 34.6 Å². The van der Waals surface area contributed by atoms with E-state index in [1.54, 1.807) is 18.2 Å². The van der Waals surface area contributed by atoms with E-state index in [1.165, 1.54) is 17.8 Å². The average Bonchev–Trinajstić information content (AvgIpc) is 3.16. The zero-order chi connectivity index (χ0) is 16.5. The normalized spacial score (nSPS) is 19.5. The number of amides is 1. The molecule has 1 fully saturated rings. The molecule has 0 unspecified atom stereocenters. The predicted molar refractivity (Wildman–Crippen MR) is 92.8 cm³/mol. The third kappa shape index (κ3) is 2.92. The number of benzene rings is 2. The Balaban J connectivity index is 1.59. The van der Waals surface area contributed by atoms with Crippen molar-refractivity contribution in [1.82, 2.24) is 5.32 Å². The first-order chi connectivity index (χ1) is 11.7. The van der Waals surface area contributed by atoms with Crippen LogP contribution < -0.4 is 10.1 Å². The number of hydrogen-bond acceptors (Lipinski definition) is 4. The van der Waals surface area contributed by atoms with Crippen molar-refractivity contribution < 1.29 is 13.9 Å². The molecule has 2 heterocycles. The fourth-order valence-electron chi connectivity index (χ4n) is 2.58. The lowest BCUT2D eigenvalue weighted by molar-refractivity contribution is -0.115. The summed E-state index contributed by atoms with van der Waals surface area (Å²) in [6.07, 6.45) is 2.69. The van der Waals surface area contributed by atoms with Gasteiger partial charge in [0.15, 0.2) is 5.17 Å². The minimum atomic E-state index is -0.420. The Hall–Kier alpha value is -2.60. The van der Waals surface area contributed by atoms with Gasteiger partial charge in [-0.1, -0.05) is 18.2 Å². The van der Waals surface area contributed by atoms with Gasteiger partial charge in [0.25, 0.3) is 5.91 Å². The first-order valence-electron chi connectivity index (χ1n) is 7.49. The zero-order valence-electron chi connectivity index (χ0n) is 12.6. The van der Waals surface area contributed by atoms with Crippen LogP contribution in [0.15, 0.2) is 52.4 Å². The van der Waals surface area contributed by atoms with Gasteiger partial charge in [0, 0.05) is 6.42 Å². The van der Waals surface area contributed by atoms with E-state index >= 15 is 0 Å². The van der Waals surface area contributed by atoms with Gasteiger partial charge < -0.3 is 10.1 Å². The molecule has 24 heavy (non-hydrogen) atoms. The van der Waals surface area contributed by atoms with E-state index in [9.17, 15) is 9.18 Å². The van der Waals surface area contributed by atoms with E-state index < -0.39 is 5.82 Å². The molecular formula is C18H13FN2O2S. The Bertz CT molecular complexity index is 892. The van der Waals surface area contributed by atoms with Gasteiger partial charge in [-0.15, -0.1) is 0 Å². The SMILES string of the molecule is O=C1NC(=Nc2ccccc2F)S/C1=C/c1ccc2c(c1)CCO2. The molecule has 6 heteroatoms. The smallest absolute Gasteiger partial charge is 0.264 e. The van der Waals surface area contributed by atoms with Crippen LogP contribution in [0.2, 0.25) is 0 Å². The molecule has 2 aromatic carbocycles. The summed E-state index contributed by atoms with van der Waals surface area (Å²) in [5.74, 6) is 0.255. The summed E-state index contributed by atoms with van der Waals surface area (Å²) >= 11 is 1.20. The van der Waals surface area contributed by atoms with Crippen LogP contribution in [0.4, 0.5) is 10.1 Å². The molecule has 0 aliphatic carbocycles. The summed E-state index contributed by atoms with van der Waals surface area (Å²) in [4.78, 5) is 16.8. The molecule has 1 saturated heterocycles. The summed E-state index contributed by atoms with van der Waals surface area (Å²) < 4.78 is 19.1. The quantitative estimate of drug-likeness (QED) is 0.849. The molecular weight excluding hydrogens is 327 g/mol. The number of carbonyl (C=O) groups is 1. The van der Waals surface area contributed by atoms with Crippen LogP contribution in [0.1, 0.15) is 11.1 Å². The van der Waals surface area contributed by atoms with Gasteiger partial charge in [-0.05, 0) is 53.2 Å². The molecule has 2 aromatic rings. The van der Waals surface area contributed by atoms with Gasteiger partial charge in [-0.3, -0.25) is 4.79 Å². The minimum Gasteiger partial charge on any atom is -0.493 e. The van der Waals surface area contributed by atoms with Crippen molar-refractivity contribution in [1.29, 1.82) is 0 Å². The molecule has 4 rings (SSSR count). The number of aliphatic imine (C=N–C) groups is 1. The lowest BCUT2D eigenvalue weighted by Gasteiger charge is -2.00. The molecule has 0 aromatic heterocycles. The summed E-state index contributed by atoms with van der Waals surface area (Å²) in [5.41, 5.74) is 2.29. The number of nitrogens with zero attached hydrogens (tertiary/aromatic N) is 1. The number of carbonyl (C=O) groups excluding carboxylic acids is 1. The second kappa shape index (κ2) is 6.13. The van der Waals surface area contributed by atoms with E-state index in [1.807, 2.05) is 24.3 Å². The number of ether oxygens (including phenoxy) is 1.